The van der Waals surface area contributed by atoms with E-state index in [1.807, 2.05) is 0 Å². The molecule has 0 aromatic heterocycles. The zero-order valence-corrected chi connectivity index (χ0v) is 21.3. The van der Waals surface area contributed by atoms with Gasteiger partial charge in [0.05, 0.1) is 12.5 Å². The number of carboxylic acid groups (broad SMARTS) is 2. The van der Waals surface area contributed by atoms with Crippen molar-refractivity contribution in [2.24, 2.45) is 27.9 Å². The number of nitrogens with zero attached hydrogens (tertiary/aromatic N) is 1. The molecule has 0 aliphatic carbocycles. The molecule has 0 saturated heterocycles. The first-order valence-electron chi connectivity index (χ1n) is 11.2. The van der Waals surface area contributed by atoms with Gasteiger partial charge in [-0.15, -0.1) is 0 Å². The van der Waals surface area contributed by atoms with E-state index >= 15 is 0 Å². The van der Waals surface area contributed by atoms with Crippen molar-refractivity contribution in [3.8, 4) is 0 Å². The molecule has 0 rings (SSSR count). The fourth-order valence-corrected chi connectivity index (χ4v) is 3.41. The van der Waals surface area contributed by atoms with Crippen molar-refractivity contribution in [1.82, 2.24) is 16.0 Å². The van der Waals surface area contributed by atoms with E-state index in [1.165, 1.54) is 11.8 Å². The van der Waals surface area contributed by atoms with Crippen molar-refractivity contribution in [2.75, 3.05) is 18.6 Å². The van der Waals surface area contributed by atoms with Crippen LogP contribution in [-0.2, 0) is 28.8 Å². The molecule has 0 saturated carbocycles. The number of hydrogen-bond acceptors (Lipinski definition) is 9. The number of aliphatic imine (C=N–C) groups is 1. The van der Waals surface area contributed by atoms with Crippen LogP contribution >= 0.6 is 11.8 Å². The van der Waals surface area contributed by atoms with Gasteiger partial charge in [-0.05, 0) is 37.7 Å². The summed E-state index contributed by atoms with van der Waals surface area (Å²) in [5.74, 6) is -5.77. The van der Waals surface area contributed by atoms with E-state index in [9.17, 15) is 33.9 Å². The minimum absolute atomic E-state index is 0.0175. The Kier molecular flexibility index (Phi) is 16.0. The predicted octanol–water partition coefficient (Wildman–Crippen LogP) is -3.60. The number of nitrogens with two attached hydrogens (primary N) is 4. The fraction of sp³-hybridized carbons (Fsp3) is 0.650. The van der Waals surface area contributed by atoms with Gasteiger partial charge in [-0.1, -0.05) is 0 Å². The lowest BCUT2D eigenvalue weighted by atomic mass is 10.1. The summed E-state index contributed by atoms with van der Waals surface area (Å²) < 4.78 is 0. The highest BCUT2D eigenvalue weighted by Gasteiger charge is 2.30. The molecular formula is C20H36N8O8S. The van der Waals surface area contributed by atoms with Crippen molar-refractivity contribution in [2.45, 2.75) is 62.7 Å². The molecule has 0 aromatic rings. The van der Waals surface area contributed by atoms with Crippen LogP contribution < -0.4 is 38.9 Å². The summed E-state index contributed by atoms with van der Waals surface area (Å²) >= 11 is 1.37. The van der Waals surface area contributed by atoms with Crippen LogP contribution in [0.1, 0.15) is 38.5 Å². The van der Waals surface area contributed by atoms with Crippen LogP contribution in [0.2, 0.25) is 0 Å². The van der Waals surface area contributed by atoms with Crippen LogP contribution in [0.3, 0.4) is 0 Å². The minimum Gasteiger partial charge on any atom is -0.481 e. The number of carbonyl (C=O) groups is 6. The molecule has 210 valence electrons. The normalized spacial score (nSPS) is 13.8. The van der Waals surface area contributed by atoms with E-state index in [1.54, 1.807) is 6.26 Å². The summed E-state index contributed by atoms with van der Waals surface area (Å²) in [4.78, 5) is 75.6. The average Bonchev–Trinajstić information content (AvgIpc) is 2.79. The summed E-state index contributed by atoms with van der Waals surface area (Å²) in [6, 6.07) is -5.29. The van der Waals surface area contributed by atoms with Crippen LogP contribution in [0.25, 0.3) is 0 Å². The molecule has 0 aliphatic rings. The number of guanidine groups is 1. The summed E-state index contributed by atoms with van der Waals surface area (Å²) in [6.45, 7) is 0.105. The number of thioether (sulfide) groups is 1. The van der Waals surface area contributed by atoms with Gasteiger partial charge in [0.1, 0.15) is 18.1 Å². The van der Waals surface area contributed by atoms with Crippen molar-refractivity contribution < 1.29 is 39.0 Å². The third-order valence-electron chi connectivity index (χ3n) is 4.84. The molecule has 4 amide bonds. The number of carbonyl (C=O) groups excluding carboxylic acids is 4. The SMILES string of the molecule is CSCCC(NC(=O)C(CCC(=O)O)NC(=O)C(CCCN=C(N)N)NC(=O)C(N)CC(N)=O)C(=O)O. The maximum atomic E-state index is 13.0. The maximum Gasteiger partial charge on any atom is 0.326 e. The summed E-state index contributed by atoms with van der Waals surface area (Å²) in [6.07, 6.45) is 0.712. The Labute approximate surface area is 217 Å². The van der Waals surface area contributed by atoms with E-state index in [0.717, 1.165) is 0 Å². The van der Waals surface area contributed by atoms with Crippen LogP contribution in [0.4, 0.5) is 0 Å². The van der Waals surface area contributed by atoms with E-state index < -0.39 is 72.6 Å². The molecule has 0 aliphatic heterocycles. The summed E-state index contributed by atoms with van der Waals surface area (Å²) in [5.41, 5.74) is 21.2. The van der Waals surface area contributed by atoms with Crippen LogP contribution in [0.5, 0.6) is 0 Å². The predicted molar refractivity (Wildman–Crippen MR) is 135 cm³/mol. The zero-order valence-electron chi connectivity index (χ0n) is 20.5. The second kappa shape index (κ2) is 17.8. The Morgan fingerprint density at radius 2 is 1.38 bits per heavy atom. The number of nitrogens with one attached hydrogen (secondary N) is 3. The molecule has 17 heteroatoms. The highest BCUT2D eigenvalue weighted by atomic mass is 32.2. The average molecular weight is 549 g/mol. The highest BCUT2D eigenvalue weighted by molar-refractivity contribution is 7.98. The molecule has 13 N–H and O–H groups in total. The standard InChI is InChI=1S/C20H36N8O8S/c1-37-8-6-13(19(35)36)28-18(34)12(4-5-15(30)31)27-17(33)11(3-2-7-25-20(23)24)26-16(32)10(21)9-14(22)29/h10-13H,2-9,21H2,1H3,(H2,22,29)(H,26,32)(H,27,33)(H,28,34)(H,30,31)(H,35,36)(H4,23,24,25). The summed E-state index contributed by atoms with van der Waals surface area (Å²) in [5, 5.41) is 25.4. The van der Waals surface area contributed by atoms with Crippen molar-refractivity contribution in [3.05, 3.63) is 0 Å². The highest BCUT2D eigenvalue weighted by Crippen LogP contribution is 2.06. The number of rotatable bonds is 19. The lowest BCUT2D eigenvalue weighted by molar-refractivity contribution is -0.143. The Morgan fingerprint density at radius 3 is 1.86 bits per heavy atom. The first-order chi connectivity index (χ1) is 17.3. The van der Waals surface area contributed by atoms with Gasteiger partial charge in [-0.2, -0.15) is 11.8 Å². The lowest BCUT2D eigenvalue weighted by Gasteiger charge is -2.25. The van der Waals surface area contributed by atoms with Gasteiger partial charge in [-0.25, -0.2) is 4.79 Å². The molecule has 0 aromatic carbocycles. The topological polar surface area (TPSA) is 295 Å². The maximum absolute atomic E-state index is 13.0. The third-order valence-corrected chi connectivity index (χ3v) is 5.49. The molecule has 4 atom stereocenters. The van der Waals surface area contributed by atoms with Crippen LogP contribution in [0, 0.1) is 0 Å². The molecule has 4 unspecified atom stereocenters. The second-order valence-corrected chi connectivity index (χ2v) is 8.95. The number of carboxylic acids is 2. The van der Waals surface area contributed by atoms with E-state index in [0.29, 0.717) is 5.75 Å². The second-order valence-electron chi connectivity index (χ2n) is 7.96. The van der Waals surface area contributed by atoms with Crippen molar-refractivity contribution in [1.29, 1.82) is 0 Å². The quantitative estimate of drug-likeness (QED) is 0.0429. The Morgan fingerprint density at radius 1 is 0.838 bits per heavy atom. The van der Waals surface area contributed by atoms with Gasteiger partial charge in [0.25, 0.3) is 0 Å². The van der Waals surface area contributed by atoms with Gasteiger partial charge in [0, 0.05) is 13.0 Å². The van der Waals surface area contributed by atoms with Crippen LogP contribution in [-0.4, -0.2) is 94.5 Å². The molecule has 16 nitrogen and oxygen atoms in total. The van der Waals surface area contributed by atoms with Gasteiger partial charge >= 0.3 is 11.9 Å². The molecule has 37 heavy (non-hydrogen) atoms. The Balaban J connectivity index is 5.67. The number of hydrogen-bond donors (Lipinski definition) is 9. The summed E-state index contributed by atoms with van der Waals surface area (Å²) in [7, 11) is 0. The molecule has 0 bridgehead atoms. The van der Waals surface area contributed by atoms with Gasteiger partial charge in [0.2, 0.25) is 23.6 Å². The van der Waals surface area contributed by atoms with E-state index in [-0.39, 0.29) is 38.2 Å². The number of amides is 4. The van der Waals surface area contributed by atoms with Crippen molar-refractivity contribution >= 4 is 53.3 Å². The van der Waals surface area contributed by atoms with E-state index in [4.69, 9.17) is 28.0 Å². The smallest absolute Gasteiger partial charge is 0.326 e. The van der Waals surface area contributed by atoms with Gasteiger partial charge in [-0.3, -0.25) is 29.0 Å². The molecular weight excluding hydrogens is 512 g/mol. The fourth-order valence-electron chi connectivity index (χ4n) is 2.93. The molecule has 0 radical (unpaired) electrons. The van der Waals surface area contributed by atoms with Crippen molar-refractivity contribution in [3.63, 3.8) is 0 Å². The molecule has 0 spiro atoms. The molecule has 0 fully saturated rings. The number of aliphatic carboxylic acids is 2. The zero-order chi connectivity index (χ0) is 28.5. The largest absolute Gasteiger partial charge is 0.481 e. The third kappa shape index (κ3) is 15.2. The van der Waals surface area contributed by atoms with Gasteiger partial charge in [0.15, 0.2) is 5.96 Å². The van der Waals surface area contributed by atoms with E-state index in [2.05, 4.69) is 20.9 Å². The lowest BCUT2D eigenvalue weighted by Crippen LogP contribution is -2.57. The first kappa shape index (κ1) is 33.4. The monoisotopic (exact) mass is 548 g/mol. The Bertz CT molecular complexity index is 852. The first-order valence-corrected chi connectivity index (χ1v) is 12.6. The van der Waals surface area contributed by atoms with Crippen LogP contribution in [0.15, 0.2) is 4.99 Å². The minimum atomic E-state index is -1.42. The Hall–Kier alpha value is -3.60. The molecule has 0 heterocycles. The number of primary amides is 1. The van der Waals surface area contributed by atoms with Gasteiger partial charge < -0.3 is 49.1 Å².